The molecule has 0 amide bonds. The van der Waals surface area contributed by atoms with E-state index in [-0.39, 0.29) is 35.9 Å². The Hall–Kier alpha value is -0.597. The van der Waals surface area contributed by atoms with Gasteiger partial charge in [0.15, 0.2) is 0 Å². The van der Waals surface area contributed by atoms with Crippen LogP contribution in [0, 0.1) is 0 Å². The third-order valence-corrected chi connectivity index (χ3v) is 0.689. The molecule has 0 bridgehead atoms. The topological polar surface area (TPSA) is 201 Å². The fourth-order valence-corrected chi connectivity index (χ4v) is 0.263. The first-order chi connectivity index (χ1) is 4.04. The van der Waals surface area contributed by atoms with Gasteiger partial charge in [-0.2, -0.15) is 0 Å². The number of aliphatic carboxylic acids is 2. The maximum absolute atomic E-state index is 9.71. The molecule has 8 N–H and O–H groups in total. The van der Waals surface area contributed by atoms with Crippen LogP contribution in [-0.4, -0.2) is 34.4 Å². The number of carbonyl (C=O) groups excluding carboxylic acids is 2. The average molecular weight is 251 g/mol. The fraction of sp³-hybridized carbons (Fsp3) is 0.500. The quantitative estimate of drug-likeness (QED) is 0.484. The third-order valence-electron chi connectivity index (χ3n) is 0.689. The molecule has 13 heavy (non-hydrogen) atoms. The number of rotatable bonds is 3. The molecule has 0 aromatic rings. The Balaban J connectivity index is -0.0000000533. The van der Waals surface area contributed by atoms with Gasteiger partial charge in [0, 0.05) is 18.4 Å². The molecule has 0 radical (unpaired) electrons. The molecule has 0 saturated carbocycles. The van der Waals surface area contributed by atoms with Crippen molar-refractivity contribution in [3.05, 3.63) is 0 Å². The molecule has 0 spiro atoms. The Kier molecular flexibility index (Phi) is 31.6. The number of hydrogen-bond acceptors (Lipinski definition) is 5. The number of carboxylic acid groups (broad SMARTS) is 2. The molecule has 1 atom stereocenters. The van der Waals surface area contributed by atoms with E-state index in [9.17, 15) is 19.8 Å². The monoisotopic (exact) mass is 249 g/mol. The molecule has 0 fully saturated rings. The molecule has 0 aromatic heterocycles. The SMILES string of the molecule is N[C@@H](CC(=O)[O-])C(=O)[O-].O.O.O.[Zn+2]. The Labute approximate surface area is 86.4 Å². The van der Waals surface area contributed by atoms with Gasteiger partial charge in [0.05, 0.1) is 5.97 Å². The van der Waals surface area contributed by atoms with E-state index < -0.39 is 24.4 Å². The molecule has 0 rings (SSSR count). The number of hydrogen-bond donors (Lipinski definition) is 1. The van der Waals surface area contributed by atoms with Gasteiger partial charge in [-0.1, -0.05) is 0 Å². The summed E-state index contributed by atoms with van der Waals surface area (Å²) in [5.41, 5.74) is 4.73. The number of carboxylic acids is 2. The number of nitrogens with two attached hydrogens (primary N) is 1. The van der Waals surface area contributed by atoms with Crippen molar-refractivity contribution in [3.63, 3.8) is 0 Å². The predicted octanol–water partition coefficient (Wildman–Crippen LogP) is -6.27. The summed E-state index contributed by atoms with van der Waals surface area (Å²) < 4.78 is 0. The van der Waals surface area contributed by atoms with Crippen LogP contribution in [0.2, 0.25) is 0 Å². The molecule has 9 heteroatoms. The van der Waals surface area contributed by atoms with Crippen LogP contribution in [0.1, 0.15) is 6.42 Å². The molecular weight excluding hydrogens is 239 g/mol. The van der Waals surface area contributed by atoms with Crippen LogP contribution in [0.5, 0.6) is 0 Å². The molecule has 0 aromatic carbocycles. The maximum atomic E-state index is 9.71. The smallest absolute Gasteiger partial charge is 0.550 e. The Morgan fingerprint density at radius 1 is 1.15 bits per heavy atom. The van der Waals surface area contributed by atoms with Gasteiger partial charge in [-0.25, -0.2) is 0 Å². The predicted molar refractivity (Wildman–Crippen MR) is 33.4 cm³/mol. The molecule has 0 aliphatic carbocycles. The van der Waals surface area contributed by atoms with E-state index in [2.05, 4.69) is 0 Å². The summed E-state index contributed by atoms with van der Waals surface area (Å²) in [4.78, 5) is 19.3. The first kappa shape index (κ1) is 29.4. The molecule has 76 valence electrons. The molecule has 0 unspecified atom stereocenters. The van der Waals surface area contributed by atoms with Crippen molar-refractivity contribution in [2.24, 2.45) is 5.73 Å². The van der Waals surface area contributed by atoms with Crippen LogP contribution < -0.4 is 15.9 Å². The van der Waals surface area contributed by atoms with Crippen LogP contribution in [-0.2, 0) is 29.1 Å². The van der Waals surface area contributed by atoms with Gasteiger partial charge >= 0.3 is 19.5 Å². The zero-order chi connectivity index (χ0) is 7.44. The van der Waals surface area contributed by atoms with Gasteiger partial charge in [-0.15, -0.1) is 0 Å². The summed E-state index contributed by atoms with van der Waals surface area (Å²) in [6.45, 7) is 0. The molecule has 0 heterocycles. The third kappa shape index (κ3) is 18.4. The minimum absolute atomic E-state index is 0. The minimum Gasteiger partial charge on any atom is -0.550 e. The van der Waals surface area contributed by atoms with E-state index in [0.29, 0.717) is 0 Å². The van der Waals surface area contributed by atoms with Crippen molar-refractivity contribution in [3.8, 4) is 0 Å². The van der Waals surface area contributed by atoms with E-state index in [0.717, 1.165) is 0 Å². The van der Waals surface area contributed by atoms with Crippen LogP contribution in [0.4, 0.5) is 0 Å². The number of carbonyl (C=O) groups is 2. The van der Waals surface area contributed by atoms with Crippen LogP contribution in [0.25, 0.3) is 0 Å². The van der Waals surface area contributed by atoms with Crippen molar-refractivity contribution < 1.29 is 55.7 Å². The Morgan fingerprint density at radius 2 is 1.46 bits per heavy atom. The summed E-state index contributed by atoms with van der Waals surface area (Å²) in [6, 6.07) is -1.46. The van der Waals surface area contributed by atoms with E-state index in [4.69, 9.17) is 5.73 Å². The second-order valence-corrected chi connectivity index (χ2v) is 1.50. The molecule has 0 aliphatic rings. The first-order valence-corrected chi connectivity index (χ1v) is 2.20. The Bertz CT molecular complexity index is 140. The molecule has 0 aliphatic heterocycles. The largest absolute Gasteiger partial charge is 2.00 e. The van der Waals surface area contributed by atoms with Crippen molar-refractivity contribution in [1.82, 2.24) is 0 Å². The minimum atomic E-state index is -1.58. The fourth-order valence-electron chi connectivity index (χ4n) is 0.263. The second kappa shape index (κ2) is 14.0. The van der Waals surface area contributed by atoms with Crippen molar-refractivity contribution in [2.75, 3.05) is 0 Å². The van der Waals surface area contributed by atoms with Gasteiger partial charge in [-0.3, -0.25) is 0 Å². The van der Waals surface area contributed by atoms with E-state index in [1.54, 1.807) is 0 Å². The molecule has 0 saturated heterocycles. The van der Waals surface area contributed by atoms with Gasteiger partial charge in [0.1, 0.15) is 0 Å². The van der Waals surface area contributed by atoms with Crippen LogP contribution >= 0.6 is 0 Å². The van der Waals surface area contributed by atoms with Gasteiger partial charge < -0.3 is 42.0 Å². The molecular formula is C4H11NO7Zn. The van der Waals surface area contributed by atoms with Crippen molar-refractivity contribution >= 4 is 11.9 Å². The molecule has 8 nitrogen and oxygen atoms in total. The van der Waals surface area contributed by atoms with Crippen molar-refractivity contribution in [2.45, 2.75) is 12.5 Å². The standard InChI is InChI=1S/C4H7NO4.3H2O.Zn/c5-2(4(8)9)1-3(6)7;;;;/h2H,1,5H2,(H,6,7)(H,8,9);3*1H2;/q;;;;+2/p-2/t2-;;;;/m0..../s1. The van der Waals surface area contributed by atoms with E-state index >= 15 is 0 Å². The van der Waals surface area contributed by atoms with Gasteiger partial charge in [0.25, 0.3) is 0 Å². The first-order valence-electron chi connectivity index (χ1n) is 2.20. The summed E-state index contributed by atoms with van der Waals surface area (Å²) in [5.74, 6) is -3.08. The van der Waals surface area contributed by atoms with Crippen molar-refractivity contribution in [1.29, 1.82) is 0 Å². The van der Waals surface area contributed by atoms with Gasteiger partial charge in [-0.05, 0) is 0 Å². The van der Waals surface area contributed by atoms with E-state index in [1.165, 1.54) is 0 Å². The summed E-state index contributed by atoms with van der Waals surface area (Å²) >= 11 is 0. The summed E-state index contributed by atoms with van der Waals surface area (Å²) in [5, 5.41) is 19.3. The van der Waals surface area contributed by atoms with Crippen LogP contribution in [0.15, 0.2) is 0 Å². The summed E-state index contributed by atoms with van der Waals surface area (Å²) in [6.07, 6.45) is -0.706. The Morgan fingerprint density at radius 3 is 1.54 bits per heavy atom. The van der Waals surface area contributed by atoms with E-state index in [1.807, 2.05) is 0 Å². The summed E-state index contributed by atoms with van der Waals surface area (Å²) in [7, 11) is 0. The normalized spacial score (nSPS) is 8.69. The zero-order valence-corrected chi connectivity index (χ0v) is 9.67. The zero-order valence-electron chi connectivity index (χ0n) is 6.70. The second-order valence-electron chi connectivity index (χ2n) is 1.50. The average Bonchev–Trinajstić information content (AvgIpc) is 1.63. The van der Waals surface area contributed by atoms with Crippen LogP contribution in [0.3, 0.4) is 0 Å². The maximum Gasteiger partial charge on any atom is 2.00 e. The van der Waals surface area contributed by atoms with Gasteiger partial charge in [0.2, 0.25) is 0 Å².